The molecule has 5 heteroatoms. The number of carbonyl (C=O) groups is 1. The Morgan fingerprint density at radius 2 is 1.80 bits per heavy atom. The van der Waals surface area contributed by atoms with E-state index in [1.807, 2.05) is 0 Å². The fourth-order valence-corrected chi connectivity index (χ4v) is 1.66. The molecule has 20 heavy (non-hydrogen) atoms. The van der Waals surface area contributed by atoms with Gasteiger partial charge in [-0.15, -0.1) is 0 Å². The fraction of sp³-hybridized carbons (Fsp3) is 0.133. The van der Waals surface area contributed by atoms with Crippen LogP contribution in [0.1, 0.15) is 15.9 Å². The Labute approximate surface area is 115 Å². The zero-order valence-electron chi connectivity index (χ0n) is 10.8. The molecule has 0 saturated carbocycles. The molecule has 0 radical (unpaired) electrons. The lowest BCUT2D eigenvalue weighted by molar-refractivity contribution is 0.0692. The van der Waals surface area contributed by atoms with E-state index < -0.39 is 11.8 Å². The minimum Gasteiger partial charge on any atom is -0.497 e. The predicted octanol–water partition coefficient (Wildman–Crippen LogP) is 3.11. The monoisotopic (exact) mass is 276 g/mol. The lowest BCUT2D eigenvalue weighted by atomic mass is 10.1. The number of methoxy groups -OCH3 is 1. The average Bonchev–Trinajstić information content (AvgIpc) is 2.45. The molecule has 0 aliphatic heterocycles. The summed E-state index contributed by atoms with van der Waals surface area (Å²) in [6.45, 7) is 0.156. The normalized spacial score (nSPS) is 10.1. The summed E-state index contributed by atoms with van der Waals surface area (Å²) in [5.74, 6) is -0.721. The Hall–Kier alpha value is -2.56. The van der Waals surface area contributed by atoms with Crippen molar-refractivity contribution in [2.75, 3.05) is 7.11 Å². The van der Waals surface area contributed by atoms with Crippen LogP contribution in [0.2, 0.25) is 0 Å². The van der Waals surface area contributed by atoms with Crippen LogP contribution in [0, 0.1) is 5.82 Å². The molecule has 0 atom stereocenters. The fourth-order valence-electron chi connectivity index (χ4n) is 1.66. The number of rotatable bonds is 5. The van der Waals surface area contributed by atoms with Gasteiger partial charge in [0.05, 0.1) is 12.7 Å². The molecule has 0 fully saturated rings. The summed E-state index contributed by atoms with van der Waals surface area (Å²) in [5.41, 5.74) is 0.210. The van der Waals surface area contributed by atoms with E-state index >= 15 is 0 Å². The van der Waals surface area contributed by atoms with Gasteiger partial charge in [0.25, 0.3) is 0 Å². The van der Waals surface area contributed by atoms with Gasteiger partial charge in [-0.1, -0.05) is 6.07 Å². The second-order valence-electron chi connectivity index (χ2n) is 4.08. The van der Waals surface area contributed by atoms with Crippen LogP contribution in [0.5, 0.6) is 11.5 Å². The van der Waals surface area contributed by atoms with Crippen molar-refractivity contribution >= 4 is 5.97 Å². The molecule has 0 aliphatic carbocycles. The van der Waals surface area contributed by atoms with Crippen molar-refractivity contribution in [3.8, 4) is 11.5 Å². The van der Waals surface area contributed by atoms with Gasteiger partial charge in [-0.3, -0.25) is 0 Å². The molecule has 0 heterocycles. The summed E-state index contributed by atoms with van der Waals surface area (Å²) >= 11 is 0. The summed E-state index contributed by atoms with van der Waals surface area (Å²) in [5, 5.41) is 8.73. The molecular formula is C15H13FO4. The lowest BCUT2D eigenvalue weighted by Crippen LogP contribution is -2.02. The van der Waals surface area contributed by atoms with E-state index in [0.717, 1.165) is 6.07 Å². The van der Waals surface area contributed by atoms with Crippen LogP contribution in [0.25, 0.3) is 0 Å². The second kappa shape index (κ2) is 6.06. The number of carboxylic acids is 1. The highest BCUT2D eigenvalue weighted by molar-refractivity contribution is 5.87. The maximum absolute atomic E-state index is 13.5. The molecule has 0 amide bonds. The summed E-state index contributed by atoms with van der Waals surface area (Å²) in [6, 6.07) is 10.9. The van der Waals surface area contributed by atoms with Gasteiger partial charge in [0.1, 0.15) is 23.9 Å². The molecule has 0 aliphatic rings. The summed E-state index contributed by atoms with van der Waals surface area (Å²) < 4.78 is 24.0. The number of hydrogen-bond acceptors (Lipinski definition) is 3. The van der Waals surface area contributed by atoms with Crippen molar-refractivity contribution in [3.63, 3.8) is 0 Å². The Balaban J connectivity index is 2.03. The van der Waals surface area contributed by atoms with E-state index in [-0.39, 0.29) is 12.2 Å². The van der Waals surface area contributed by atoms with Gasteiger partial charge >= 0.3 is 5.97 Å². The SMILES string of the molecule is COc1ccc(OCc2ccc(C(=O)O)c(F)c2)cc1. The summed E-state index contributed by atoms with van der Waals surface area (Å²) in [4.78, 5) is 10.7. The standard InChI is InChI=1S/C15H13FO4/c1-19-11-3-5-12(6-4-11)20-9-10-2-7-13(15(17)18)14(16)8-10/h2-8H,9H2,1H3,(H,17,18). The van der Waals surface area contributed by atoms with Gasteiger partial charge in [-0.2, -0.15) is 0 Å². The largest absolute Gasteiger partial charge is 0.497 e. The zero-order chi connectivity index (χ0) is 14.5. The van der Waals surface area contributed by atoms with E-state index in [0.29, 0.717) is 17.1 Å². The van der Waals surface area contributed by atoms with Gasteiger partial charge in [0.2, 0.25) is 0 Å². The van der Waals surface area contributed by atoms with Crippen molar-refractivity contribution in [1.29, 1.82) is 0 Å². The molecule has 1 N–H and O–H groups in total. The molecule has 0 aromatic heterocycles. The van der Waals surface area contributed by atoms with Gasteiger partial charge in [0.15, 0.2) is 0 Å². The Morgan fingerprint density at radius 3 is 2.35 bits per heavy atom. The van der Waals surface area contributed by atoms with Crippen LogP contribution in [0.15, 0.2) is 42.5 Å². The number of hydrogen-bond donors (Lipinski definition) is 1. The van der Waals surface area contributed by atoms with Crippen LogP contribution >= 0.6 is 0 Å². The quantitative estimate of drug-likeness (QED) is 0.911. The van der Waals surface area contributed by atoms with E-state index in [1.54, 1.807) is 31.4 Å². The van der Waals surface area contributed by atoms with Crippen molar-refractivity contribution in [2.24, 2.45) is 0 Å². The van der Waals surface area contributed by atoms with Crippen LogP contribution in [-0.2, 0) is 6.61 Å². The van der Waals surface area contributed by atoms with Crippen molar-refractivity contribution < 1.29 is 23.8 Å². The molecular weight excluding hydrogens is 263 g/mol. The third kappa shape index (κ3) is 3.26. The Morgan fingerprint density at radius 1 is 1.15 bits per heavy atom. The number of ether oxygens (including phenoxy) is 2. The number of halogens is 1. The first kappa shape index (κ1) is 13.9. The third-order valence-electron chi connectivity index (χ3n) is 2.73. The molecule has 0 bridgehead atoms. The first-order chi connectivity index (χ1) is 9.60. The Kier molecular flexibility index (Phi) is 4.20. The maximum atomic E-state index is 13.5. The highest BCUT2D eigenvalue weighted by Crippen LogP contribution is 2.19. The third-order valence-corrected chi connectivity index (χ3v) is 2.73. The van der Waals surface area contributed by atoms with Gasteiger partial charge in [-0.25, -0.2) is 9.18 Å². The van der Waals surface area contributed by atoms with E-state index in [9.17, 15) is 9.18 Å². The second-order valence-corrected chi connectivity index (χ2v) is 4.08. The number of aromatic carboxylic acids is 1. The molecule has 0 spiro atoms. The van der Waals surface area contributed by atoms with Crippen molar-refractivity contribution in [2.45, 2.75) is 6.61 Å². The molecule has 0 saturated heterocycles. The van der Waals surface area contributed by atoms with Crippen LogP contribution < -0.4 is 9.47 Å². The lowest BCUT2D eigenvalue weighted by Gasteiger charge is -2.08. The van der Waals surface area contributed by atoms with Gasteiger partial charge < -0.3 is 14.6 Å². The van der Waals surface area contributed by atoms with Gasteiger partial charge in [-0.05, 0) is 42.0 Å². The van der Waals surface area contributed by atoms with Crippen LogP contribution in [0.4, 0.5) is 4.39 Å². The van der Waals surface area contributed by atoms with E-state index in [2.05, 4.69) is 0 Å². The molecule has 2 aromatic carbocycles. The molecule has 2 rings (SSSR count). The number of carboxylic acid groups (broad SMARTS) is 1. The minimum atomic E-state index is -1.29. The molecule has 2 aromatic rings. The topological polar surface area (TPSA) is 55.8 Å². The summed E-state index contributed by atoms with van der Waals surface area (Å²) in [6.07, 6.45) is 0. The average molecular weight is 276 g/mol. The first-order valence-corrected chi connectivity index (χ1v) is 5.88. The van der Waals surface area contributed by atoms with Crippen molar-refractivity contribution in [3.05, 3.63) is 59.4 Å². The maximum Gasteiger partial charge on any atom is 0.338 e. The first-order valence-electron chi connectivity index (χ1n) is 5.88. The van der Waals surface area contributed by atoms with E-state index in [1.165, 1.54) is 12.1 Å². The zero-order valence-corrected chi connectivity index (χ0v) is 10.8. The highest BCUT2D eigenvalue weighted by atomic mass is 19.1. The van der Waals surface area contributed by atoms with E-state index in [4.69, 9.17) is 14.6 Å². The smallest absolute Gasteiger partial charge is 0.338 e. The number of benzene rings is 2. The van der Waals surface area contributed by atoms with Gasteiger partial charge in [0, 0.05) is 0 Å². The predicted molar refractivity (Wildman–Crippen MR) is 70.7 cm³/mol. The molecule has 104 valence electrons. The summed E-state index contributed by atoms with van der Waals surface area (Å²) in [7, 11) is 1.57. The molecule has 4 nitrogen and oxygen atoms in total. The molecule has 0 unspecified atom stereocenters. The van der Waals surface area contributed by atoms with Crippen molar-refractivity contribution in [1.82, 2.24) is 0 Å². The Bertz CT molecular complexity index is 608. The van der Waals surface area contributed by atoms with Crippen LogP contribution in [0.3, 0.4) is 0 Å². The minimum absolute atomic E-state index is 0.156. The highest BCUT2D eigenvalue weighted by Gasteiger charge is 2.10. The van der Waals surface area contributed by atoms with Crippen LogP contribution in [-0.4, -0.2) is 18.2 Å².